The van der Waals surface area contributed by atoms with Gasteiger partial charge in [0.1, 0.15) is 17.6 Å². The highest BCUT2D eigenvalue weighted by Gasteiger charge is 2.49. The van der Waals surface area contributed by atoms with Crippen LogP contribution in [-0.4, -0.2) is 24.8 Å². The van der Waals surface area contributed by atoms with E-state index in [2.05, 4.69) is 6.58 Å². The summed E-state index contributed by atoms with van der Waals surface area (Å²) in [6, 6.07) is 18.3. The molecule has 0 fully saturated rings. The lowest BCUT2D eigenvalue weighted by atomic mass is 9.74. The van der Waals surface area contributed by atoms with Crippen LogP contribution in [0.4, 0.5) is 0 Å². The minimum Gasteiger partial charge on any atom is -0.465 e. The van der Waals surface area contributed by atoms with E-state index < -0.39 is 23.6 Å². The van der Waals surface area contributed by atoms with Gasteiger partial charge in [0.2, 0.25) is 0 Å². The van der Waals surface area contributed by atoms with Gasteiger partial charge in [-0.2, -0.15) is 0 Å². The molecule has 3 atom stereocenters. The smallest absolute Gasteiger partial charge is 0.316 e. The summed E-state index contributed by atoms with van der Waals surface area (Å²) in [5.74, 6) is -1.53. The van der Waals surface area contributed by atoms with Gasteiger partial charge in [-0.3, -0.25) is 4.79 Å². The molecule has 0 unspecified atom stereocenters. The van der Waals surface area contributed by atoms with Crippen LogP contribution in [0.15, 0.2) is 73.3 Å². The molecule has 0 amide bonds. The normalized spacial score (nSPS) is 15.6. The number of carbonyl (C=O) groups excluding carboxylic acids is 1. The molecule has 0 spiro atoms. The summed E-state index contributed by atoms with van der Waals surface area (Å²) in [6.45, 7) is 5.70. The van der Waals surface area contributed by atoms with Crippen LogP contribution in [0, 0.1) is 5.92 Å². The van der Waals surface area contributed by atoms with Gasteiger partial charge in [-0.15, -0.1) is 6.58 Å². The second kappa shape index (κ2) is 8.60. The van der Waals surface area contributed by atoms with E-state index in [1.54, 1.807) is 19.1 Å². The number of esters is 1. The standard InChI is InChI=1S/C21H24O4/c1-4-18(20(22)25-5-2)21(23,17-14-10-7-11-15-17)19(24-3)16-12-8-6-9-13-16/h4,6-15,18-19,23H,1,5H2,2-3H3/t18-,19-,21-/m1/s1. The van der Waals surface area contributed by atoms with Crippen LogP contribution in [-0.2, 0) is 19.9 Å². The fourth-order valence-electron chi connectivity index (χ4n) is 3.08. The van der Waals surface area contributed by atoms with Crippen molar-refractivity contribution in [2.24, 2.45) is 5.92 Å². The average molecular weight is 340 g/mol. The second-order valence-electron chi connectivity index (χ2n) is 5.68. The van der Waals surface area contributed by atoms with Gasteiger partial charge in [0, 0.05) is 7.11 Å². The number of benzene rings is 2. The van der Waals surface area contributed by atoms with Crippen LogP contribution in [0.2, 0.25) is 0 Å². The van der Waals surface area contributed by atoms with E-state index in [-0.39, 0.29) is 6.61 Å². The van der Waals surface area contributed by atoms with E-state index in [4.69, 9.17) is 9.47 Å². The molecule has 0 aliphatic carbocycles. The summed E-state index contributed by atoms with van der Waals surface area (Å²) in [5.41, 5.74) is -0.345. The zero-order chi connectivity index (χ0) is 18.3. The summed E-state index contributed by atoms with van der Waals surface area (Å²) in [6.07, 6.45) is 0.642. The van der Waals surface area contributed by atoms with Gasteiger partial charge in [-0.25, -0.2) is 0 Å². The maximum Gasteiger partial charge on any atom is 0.316 e. The lowest BCUT2D eigenvalue weighted by Gasteiger charge is -2.39. The SMILES string of the molecule is C=C[C@H](C(=O)OCC)[C@](O)(c1ccccc1)[C@H](OC)c1ccccc1. The molecule has 0 bridgehead atoms. The molecule has 4 heteroatoms. The minimum absolute atomic E-state index is 0.219. The first kappa shape index (κ1) is 18.9. The Hall–Kier alpha value is -2.43. The third-order valence-corrected chi connectivity index (χ3v) is 4.22. The zero-order valence-corrected chi connectivity index (χ0v) is 14.6. The predicted octanol–water partition coefficient (Wildman–Crippen LogP) is 3.63. The molecular weight excluding hydrogens is 316 g/mol. The van der Waals surface area contributed by atoms with Crippen molar-refractivity contribution < 1.29 is 19.4 Å². The Bertz CT molecular complexity index is 684. The van der Waals surface area contributed by atoms with E-state index in [0.29, 0.717) is 5.56 Å². The van der Waals surface area contributed by atoms with Gasteiger partial charge in [0.25, 0.3) is 0 Å². The Labute approximate surface area is 148 Å². The van der Waals surface area contributed by atoms with Gasteiger partial charge in [0.05, 0.1) is 6.61 Å². The molecule has 0 aliphatic rings. The second-order valence-corrected chi connectivity index (χ2v) is 5.68. The van der Waals surface area contributed by atoms with E-state index >= 15 is 0 Å². The van der Waals surface area contributed by atoms with Gasteiger partial charge >= 0.3 is 5.97 Å². The lowest BCUT2D eigenvalue weighted by molar-refractivity contribution is -0.171. The van der Waals surface area contributed by atoms with Crippen molar-refractivity contribution in [3.63, 3.8) is 0 Å². The van der Waals surface area contributed by atoms with Crippen molar-refractivity contribution in [2.75, 3.05) is 13.7 Å². The molecule has 1 N–H and O–H groups in total. The van der Waals surface area contributed by atoms with Gasteiger partial charge in [-0.05, 0) is 18.1 Å². The third-order valence-electron chi connectivity index (χ3n) is 4.22. The summed E-state index contributed by atoms with van der Waals surface area (Å²) >= 11 is 0. The number of rotatable bonds is 8. The van der Waals surface area contributed by atoms with Crippen LogP contribution in [0.1, 0.15) is 24.2 Å². The molecule has 2 aromatic rings. The highest BCUT2D eigenvalue weighted by molar-refractivity contribution is 5.76. The Kier molecular flexibility index (Phi) is 6.51. The molecule has 0 radical (unpaired) electrons. The number of aliphatic hydroxyl groups is 1. The fourth-order valence-corrected chi connectivity index (χ4v) is 3.08. The first-order valence-corrected chi connectivity index (χ1v) is 8.24. The van der Waals surface area contributed by atoms with Gasteiger partial charge in [-0.1, -0.05) is 66.7 Å². The Morgan fingerprint density at radius 1 is 1.16 bits per heavy atom. The molecule has 4 nitrogen and oxygen atoms in total. The third kappa shape index (κ3) is 3.81. The molecule has 0 heterocycles. The van der Waals surface area contributed by atoms with E-state index in [1.807, 2.05) is 48.5 Å². The molecule has 2 aromatic carbocycles. The highest BCUT2D eigenvalue weighted by atomic mass is 16.5. The molecule has 0 saturated carbocycles. The first-order valence-electron chi connectivity index (χ1n) is 8.24. The number of methoxy groups -OCH3 is 1. The average Bonchev–Trinajstić information content (AvgIpc) is 2.64. The van der Waals surface area contributed by atoms with Crippen LogP contribution < -0.4 is 0 Å². The molecule has 25 heavy (non-hydrogen) atoms. The number of hydrogen-bond donors (Lipinski definition) is 1. The lowest BCUT2D eigenvalue weighted by Crippen LogP contribution is -2.45. The zero-order valence-electron chi connectivity index (χ0n) is 14.6. The van der Waals surface area contributed by atoms with Crippen LogP contribution >= 0.6 is 0 Å². The topological polar surface area (TPSA) is 55.8 Å². The van der Waals surface area contributed by atoms with Gasteiger partial charge < -0.3 is 14.6 Å². The number of hydrogen-bond acceptors (Lipinski definition) is 4. The first-order chi connectivity index (χ1) is 12.1. The van der Waals surface area contributed by atoms with E-state index in [1.165, 1.54) is 13.2 Å². The van der Waals surface area contributed by atoms with Crippen molar-refractivity contribution in [1.29, 1.82) is 0 Å². The minimum atomic E-state index is -1.66. The number of carbonyl (C=O) groups is 1. The van der Waals surface area contributed by atoms with Crippen molar-refractivity contribution in [3.8, 4) is 0 Å². The predicted molar refractivity (Wildman–Crippen MR) is 96.9 cm³/mol. The van der Waals surface area contributed by atoms with Crippen molar-refractivity contribution in [3.05, 3.63) is 84.4 Å². The maximum absolute atomic E-state index is 12.5. The fraction of sp³-hybridized carbons (Fsp3) is 0.286. The van der Waals surface area contributed by atoms with Crippen LogP contribution in [0.5, 0.6) is 0 Å². The largest absolute Gasteiger partial charge is 0.465 e. The molecule has 0 aliphatic heterocycles. The summed E-state index contributed by atoms with van der Waals surface area (Å²) in [5, 5.41) is 11.8. The molecule has 132 valence electrons. The summed E-state index contributed by atoms with van der Waals surface area (Å²) in [4.78, 5) is 12.5. The Balaban J connectivity index is 2.63. The van der Waals surface area contributed by atoms with Crippen molar-refractivity contribution in [1.82, 2.24) is 0 Å². The summed E-state index contributed by atoms with van der Waals surface area (Å²) in [7, 11) is 1.51. The monoisotopic (exact) mass is 340 g/mol. The van der Waals surface area contributed by atoms with Crippen molar-refractivity contribution in [2.45, 2.75) is 18.6 Å². The van der Waals surface area contributed by atoms with Gasteiger partial charge in [0.15, 0.2) is 0 Å². The Morgan fingerprint density at radius 2 is 1.72 bits per heavy atom. The van der Waals surface area contributed by atoms with Crippen LogP contribution in [0.25, 0.3) is 0 Å². The summed E-state index contributed by atoms with van der Waals surface area (Å²) < 4.78 is 10.8. The molecule has 0 saturated heterocycles. The van der Waals surface area contributed by atoms with Crippen molar-refractivity contribution >= 4 is 5.97 Å². The highest BCUT2D eigenvalue weighted by Crippen LogP contribution is 2.44. The Morgan fingerprint density at radius 3 is 2.20 bits per heavy atom. The van der Waals surface area contributed by atoms with E-state index in [9.17, 15) is 9.90 Å². The molecule has 2 rings (SSSR count). The quantitative estimate of drug-likeness (QED) is 0.589. The maximum atomic E-state index is 12.5. The number of ether oxygens (including phenoxy) is 2. The molecular formula is C21H24O4. The molecule has 0 aromatic heterocycles. The van der Waals surface area contributed by atoms with Crippen LogP contribution in [0.3, 0.4) is 0 Å². The van der Waals surface area contributed by atoms with E-state index in [0.717, 1.165) is 5.56 Å².